The Morgan fingerprint density at radius 3 is 2.60 bits per heavy atom. The number of hydrogen-bond acceptors (Lipinski definition) is 7. The summed E-state index contributed by atoms with van der Waals surface area (Å²) in [6.07, 6.45) is 1.65. The largest absolute Gasteiger partial charge is 0.504 e. The standard InChI is InChI=1S/C20H23BrN4O3S2/c1-3-22-25(20(29)24-10-8-23(9-11-24)12-17(26)28-2)16-13-30-19(18(16)27)14-4-6-15(21)7-5-14/h3-7,13,27H,8-12H2,1-2H3. The van der Waals surface area contributed by atoms with Crippen LogP contribution in [-0.2, 0) is 9.53 Å². The summed E-state index contributed by atoms with van der Waals surface area (Å²) in [6, 6.07) is 7.78. The van der Waals surface area contributed by atoms with Gasteiger partial charge in [0.15, 0.2) is 10.9 Å². The predicted molar refractivity (Wildman–Crippen MR) is 128 cm³/mol. The SMILES string of the molecule is CC=NN(C(=S)N1CCN(CC(=O)OC)CC1)c1csc(-c2ccc(Br)cc2)c1O. The minimum Gasteiger partial charge on any atom is -0.504 e. The fraction of sp³-hybridized carbons (Fsp3) is 0.350. The van der Waals surface area contributed by atoms with Crippen LogP contribution in [0.4, 0.5) is 5.69 Å². The lowest BCUT2D eigenvalue weighted by atomic mass is 10.2. The molecule has 1 aromatic carbocycles. The summed E-state index contributed by atoms with van der Waals surface area (Å²) in [4.78, 5) is 16.3. The highest BCUT2D eigenvalue weighted by Gasteiger charge is 2.27. The highest BCUT2D eigenvalue weighted by atomic mass is 79.9. The maximum atomic E-state index is 11.5. The van der Waals surface area contributed by atoms with E-state index < -0.39 is 0 Å². The van der Waals surface area contributed by atoms with Gasteiger partial charge in [-0.05, 0) is 36.8 Å². The van der Waals surface area contributed by atoms with Gasteiger partial charge in [-0.15, -0.1) is 11.3 Å². The van der Waals surface area contributed by atoms with Gasteiger partial charge in [0.25, 0.3) is 0 Å². The second-order valence-electron chi connectivity index (χ2n) is 6.61. The van der Waals surface area contributed by atoms with Crippen molar-refractivity contribution in [3.05, 3.63) is 34.1 Å². The lowest BCUT2D eigenvalue weighted by Crippen LogP contribution is -2.52. The number of rotatable bonds is 5. The van der Waals surface area contributed by atoms with Crippen LogP contribution in [0.1, 0.15) is 6.92 Å². The summed E-state index contributed by atoms with van der Waals surface area (Å²) in [6.45, 7) is 4.79. The van der Waals surface area contributed by atoms with Gasteiger partial charge in [-0.2, -0.15) is 5.10 Å². The minimum atomic E-state index is -0.244. The summed E-state index contributed by atoms with van der Waals surface area (Å²) in [5, 5.41) is 19.3. The molecule has 1 saturated heterocycles. The van der Waals surface area contributed by atoms with Crippen molar-refractivity contribution in [2.24, 2.45) is 5.10 Å². The van der Waals surface area contributed by atoms with E-state index in [2.05, 4.69) is 21.0 Å². The minimum absolute atomic E-state index is 0.152. The molecule has 30 heavy (non-hydrogen) atoms. The van der Waals surface area contributed by atoms with E-state index in [9.17, 15) is 9.90 Å². The van der Waals surface area contributed by atoms with E-state index >= 15 is 0 Å². The third-order valence-electron chi connectivity index (χ3n) is 4.72. The van der Waals surface area contributed by atoms with Crippen LogP contribution in [0.25, 0.3) is 10.4 Å². The molecule has 0 aliphatic carbocycles. The molecule has 0 bridgehead atoms. The Bertz CT molecular complexity index is 925. The van der Waals surface area contributed by atoms with Gasteiger partial charge >= 0.3 is 5.97 Å². The Hall–Kier alpha value is -2.01. The van der Waals surface area contributed by atoms with Crippen LogP contribution < -0.4 is 5.01 Å². The number of anilines is 1. The first kappa shape index (κ1) is 22.7. The molecule has 1 aliphatic rings. The number of halogens is 1. The third kappa shape index (κ3) is 5.18. The molecule has 2 heterocycles. The van der Waals surface area contributed by atoms with Gasteiger partial charge in [0.1, 0.15) is 5.69 Å². The number of carbonyl (C=O) groups is 1. The molecule has 0 unspecified atom stereocenters. The van der Waals surface area contributed by atoms with E-state index in [4.69, 9.17) is 17.0 Å². The zero-order valence-corrected chi connectivity index (χ0v) is 20.0. The molecule has 3 rings (SSSR count). The van der Waals surface area contributed by atoms with Crippen molar-refractivity contribution < 1.29 is 14.6 Å². The lowest BCUT2D eigenvalue weighted by Gasteiger charge is -2.37. The molecular weight excluding hydrogens is 488 g/mol. The fourth-order valence-electron chi connectivity index (χ4n) is 3.11. The molecule has 1 aliphatic heterocycles. The van der Waals surface area contributed by atoms with Crippen molar-refractivity contribution in [3.63, 3.8) is 0 Å². The predicted octanol–water partition coefficient (Wildman–Crippen LogP) is 3.77. The van der Waals surface area contributed by atoms with Crippen molar-refractivity contribution in [3.8, 4) is 16.2 Å². The number of hydrazone groups is 1. The number of thiocarbonyl (C=S) groups is 1. The molecule has 0 atom stereocenters. The average Bonchev–Trinajstić information content (AvgIpc) is 3.13. The molecule has 0 saturated carbocycles. The summed E-state index contributed by atoms with van der Waals surface area (Å²) in [5.41, 5.74) is 1.48. The smallest absolute Gasteiger partial charge is 0.319 e. The number of esters is 1. The molecule has 160 valence electrons. The Balaban J connectivity index is 1.76. The molecule has 1 N–H and O–H groups in total. The monoisotopic (exact) mass is 510 g/mol. The fourth-order valence-corrected chi connectivity index (χ4v) is 4.63. The molecule has 0 amide bonds. The van der Waals surface area contributed by atoms with Crippen LogP contribution in [0.3, 0.4) is 0 Å². The topological polar surface area (TPSA) is 68.6 Å². The van der Waals surface area contributed by atoms with Gasteiger partial charge in [-0.3, -0.25) is 9.69 Å². The number of nitrogens with zero attached hydrogens (tertiary/aromatic N) is 4. The normalized spacial score (nSPS) is 14.8. The summed E-state index contributed by atoms with van der Waals surface area (Å²) in [5.74, 6) is -0.0912. The number of hydrogen-bond donors (Lipinski definition) is 1. The van der Waals surface area contributed by atoms with Gasteiger partial charge in [0.2, 0.25) is 0 Å². The number of piperazine rings is 1. The summed E-state index contributed by atoms with van der Waals surface area (Å²) in [7, 11) is 1.39. The van der Waals surface area contributed by atoms with Crippen molar-refractivity contribution in [2.75, 3.05) is 44.8 Å². The average molecular weight is 511 g/mol. The highest BCUT2D eigenvalue weighted by Crippen LogP contribution is 2.44. The second-order valence-corrected chi connectivity index (χ2v) is 8.77. The molecular formula is C20H23BrN4O3S2. The molecule has 0 spiro atoms. The van der Waals surface area contributed by atoms with Crippen LogP contribution in [0, 0.1) is 0 Å². The van der Waals surface area contributed by atoms with Gasteiger partial charge in [0.05, 0.1) is 18.5 Å². The zero-order valence-electron chi connectivity index (χ0n) is 16.7. The van der Waals surface area contributed by atoms with Crippen LogP contribution in [0.2, 0.25) is 0 Å². The summed E-state index contributed by atoms with van der Waals surface area (Å²) < 4.78 is 5.72. The first-order chi connectivity index (χ1) is 14.4. The number of thiophene rings is 1. The first-order valence-electron chi connectivity index (χ1n) is 9.37. The summed E-state index contributed by atoms with van der Waals surface area (Å²) >= 11 is 10.6. The molecule has 1 fully saturated rings. The van der Waals surface area contributed by atoms with Crippen molar-refractivity contribution in [1.29, 1.82) is 0 Å². The Morgan fingerprint density at radius 2 is 2.00 bits per heavy atom. The Kier molecular flexibility index (Phi) is 7.81. The van der Waals surface area contributed by atoms with Crippen molar-refractivity contribution in [1.82, 2.24) is 9.80 Å². The lowest BCUT2D eigenvalue weighted by molar-refractivity contribution is -0.142. The molecule has 0 radical (unpaired) electrons. The van der Waals surface area contributed by atoms with Gasteiger partial charge in [-0.25, -0.2) is 5.01 Å². The number of benzene rings is 1. The van der Waals surface area contributed by atoms with E-state index in [-0.39, 0.29) is 18.3 Å². The number of methoxy groups -OCH3 is 1. The van der Waals surface area contributed by atoms with E-state index in [0.717, 1.165) is 14.9 Å². The quantitative estimate of drug-likeness (QED) is 0.284. The molecule has 7 nitrogen and oxygen atoms in total. The zero-order chi connectivity index (χ0) is 21.7. The van der Waals surface area contributed by atoms with Crippen LogP contribution >= 0.6 is 39.5 Å². The van der Waals surface area contributed by atoms with Crippen molar-refractivity contribution >= 4 is 62.5 Å². The third-order valence-corrected chi connectivity index (χ3v) is 6.68. The molecule has 2 aromatic rings. The highest BCUT2D eigenvalue weighted by molar-refractivity contribution is 9.10. The van der Waals surface area contributed by atoms with E-state index in [0.29, 0.717) is 37.0 Å². The van der Waals surface area contributed by atoms with Gasteiger partial charge in [-0.1, -0.05) is 28.1 Å². The van der Waals surface area contributed by atoms with Gasteiger partial charge in [0, 0.05) is 42.2 Å². The maximum Gasteiger partial charge on any atom is 0.319 e. The first-order valence-corrected chi connectivity index (χ1v) is 11.5. The van der Waals surface area contributed by atoms with E-state index in [1.54, 1.807) is 11.2 Å². The number of aromatic hydroxyl groups is 1. The van der Waals surface area contributed by atoms with Gasteiger partial charge < -0.3 is 14.7 Å². The van der Waals surface area contributed by atoms with Crippen LogP contribution in [0.15, 0.2) is 39.2 Å². The second kappa shape index (κ2) is 10.3. The van der Waals surface area contributed by atoms with E-state index in [1.165, 1.54) is 18.4 Å². The van der Waals surface area contributed by atoms with Crippen molar-refractivity contribution in [2.45, 2.75) is 6.92 Å². The van der Waals surface area contributed by atoms with Crippen LogP contribution in [-0.4, -0.2) is 72.0 Å². The number of carbonyl (C=O) groups excluding carboxylic acids is 1. The number of ether oxygens (including phenoxy) is 1. The molecule has 10 heteroatoms. The molecule has 1 aromatic heterocycles. The Morgan fingerprint density at radius 1 is 1.33 bits per heavy atom. The Labute approximate surface area is 193 Å². The maximum absolute atomic E-state index is 11.5. The van der Waals surface area contributed by atoms with Crippen LogP contribution in [0.5, 0.6) is 5.75 Å². The van der Waals surface area contributed by atoms with E-state index in [1.807, 2.05) is 46.4 Å².